The first-order chi connectivity index (χ1) is 13.5. The third-order valence-corrected chi connectivity index (χ3v) is 6.16. The predicted octanol–water partition coefficient (Wildman–Crippen LogP) is 3.88. The average Bonchev–Trinajstić information content (AvgIpc) is 3.08. The highest BCUT2D eigenvalue weighted by Gasteiger charge is 2.22. The van der Waals surface area contributed by atoms with Crippen molar-refractivity contribution in [3.63, 3.8) is 0 Å². The molecule has 1 saturated heterocycles. The molecule has 0 aliphatic carbocycles. The van der Waals surface area contributed by atoms with E-state index >= 15 is 0 Å². The number of hydrogen-bond donors (Lipinski definition) is 1. The Kier molecular flexibility index (Phi) is 7.73. The first-order valence-electron chi connectivity index (χ1n) is 9.40. The fourth-order valence-corrected chi connectivity index (χ4v) is 4.76. The molecule has 2 unspecified atom stereocenters. The van der Waals surface area contributed by atoms with E-state index in [-0.39, 0.29) is 18.1 Å². The Morgan fingerprint density at radius 3 is 2.71 bits per heavy atom. The van der Waals surface area contributed by atoms with Crippen LogP contribution in [0.15, 0.2) is 34.5 Å². The summed E-state index contributed by atoms with van der Waals surface area (Å²) in [6.45, 7) is 6.80. The maximum absolute atomic E-state index is 12.2. The number of carbonyl (C=O) groups is 1. The zero-order chi connectivity index (χ0) is 19.9. The van der Waals surface area contributed by atoms with Crippen LogP contribution in [0.5, 0.6) is 5.75 Å². The normalized spacial score (nSPS) is 20.1. The van der Waals surface area contributed by atoms with Crippen LogP contribution in [-0.4, -0.2) is 54.0 Å². The molecule has 1 aromatic heterocycles. The fraction of sp³-hybridized carbons (Fsp3) is 0.500. The van der Waals surface area contributed by atoms with Crippen molar-refractivity contribution in [1.29, 1.82) is 0 Å². The Balaban J connectivity index is 1.40. The van der Waals surface area contributed by atoms with Gasteiger partial charge in [-0.2, -0.15) is 0 Å². The van der Waals surface area contributed by atoms with Gasteiger partial charge >= 0.3 is 0 Å². The molecule has 0 radical (unpaired) electrons. The van der Waals surface area contributed by atoms with E-state index in [1.54, 1.807) is 18.9 Å². The smallest absolute Gasteiger partial charge is 0.226 e. The Morgan fingerprint density at radius 1 is 1.32 bits per heavy atom. The molecule has 1 aliphatic rings. The van der Waals surface area contributed by atoms with Crippen molar-refractivity contribution in [3.8, 4) is 5.75 Å². The molecule has 1 aliphatic heterocycles. The van der Waals surface area contributed by atoms with E-state index in [1.807, 2.05) is 29.6 Å². The van der Waals surface area contributed by atoms with E-state index in [4.69, 9.17) is 9.47 Å². The number of anilines is 1. The monoisotopic (exact) mass is 421 g/mol. The Labute approximate surface area is 174 Å². The first kappa shape index (κ1) is 21.1. The highest BCUT2D eigenvalue weighted by Crippen LogP contribution is 2.23. The lowest BCUT2D eigenvalue weighted by molar-refractivity contribution is -0.115. The second-order valence-corrected chi connectivity index (χ2v) is 8.94. The molecular weight excluding hydrogens is 394 g/mol. The number of nitrogens with zero attached hydrogens (tertiary/aromatic N) is 2. The van der Waals surface area contributed by atoms with Gasteiger partial charge in [0.2, 0.25) is 5.91 Å². The molecule has 0 spiro atoms. The first-order valence-corrected chi connectivity index (χ1v) is 11.3. The summed E-state index contributed by atoms with van der Waals surface area (Å²) < 4.78 is 10.9. The van der Waals surface area contributed by atoms with Gasteiger partial charge in [-0.05, 0) is 38.1 Å². The Bertz CT molecular complexity index is 756. The number of thiazole rings is 1. The standard InChI is InChI=1S/C20H27N3O3S2/c1-14-10-23(11-15(2)26-14)12-16-13-28-20(21-16)22-19(24)8-9-27-18-6-4-17(25-3)5-7-18/h4-7,13-15H,8-12H2,1-3H3,(H,21,22,24). The maximum Gasteiger partial charge on any atom is 0.226 e. The van der Waals surface area contributed by atoms with Gasteiger partial charge in [-0.15, -0.1) is 23.1 Å². The zero-order valence-electron chi connectivity index (χ0n) is 16.5. The lowest BCUT2D eigenvalue weighted by atomic mass is 10.2. The molecule has 28 heavy (non-hydrogen) atoms. The van der Waals surface area contributed by atoms with Gasteiger partial charge in [0, 0.05) is 42.1 Å². The summed E-state index contributed by atoms with van der Waals surface area (Å²) in [5, 5.41) is 5.60. The van der Waals surface area contributed by atoms with Crippen LogP contribution in [0.3, 0.4) is 0 Å². The fourth-order valence-electron chi connectivity index (χ4n) is 3.19. The van der Waals surface area contributed by atoms with E-state index in [1.165, 1.54) is 11.3 Å². The number of aromatic nitrogens is 1. The molecule has 6 nitrogen and oxygen atoms in total. The number of nitrogens with one attached hydrogen (secondary N) is 1. The summed E-state index contributed by atoms with van der Waals surface area (Å²) in [4.78, 5) is 20.2. The van der Waals surface area contributed by atoms with Crippen LogP contribution < -0.4 is 10.1 Å². The summed E-state index contributed by atoms with van der Waals surface area (Å²) >= 11 is 3.14. The second-order valence-electron chi connectivity index (χ2n) is 6.92. The van der Waals surface area contributed by atoms with E-state index < -0.39 is 0 Å². The lowest BCUT2D eigenvalue weighted by Crippen LogP contribution is -2.44. The highest BCUT2D eigenvalue weighted by atomic mass is 32.2. The van der Waals surface area contributed by atoms with Gasteiger partial charge in [0.1, 0.15) is 5.75 Å². The summed E-state index contributed by atoms with van der Waals surface area (Å²) in [5.74, 6) is 1.55. The van der Waals surface area contributed by atoms with Gasteiger partial charge in [-0.25, -0.2) is 4.98 Å². The number of hydrogen-bond acceptors (Lipinski definition) is 7. The Morgan fingerprint density at radius 2 is 2.04 bits per heavy atom. The molecule has 3 rings (SSSR count). The van der Waals surface area contributed by atoms with Crippen LogP contribution in [0.1, 0.15) is 26.0 Å². The molecule has 0 saturated carbocycles. The minimum atomic E-state index is -0.00414. The number of ether oxygens (including phenoxy) is 2. The quantitative estimate of drug-likeness (QED) is 0.653. The van der Waals surface area contributed by atoms with Gasteiger partial charge in [0.15, 0.2) is 5.13 Å². The second kappa shape index (κ2) is 10.2. The largest absolute Gasteiger partial charge is 0.497 e. The Hall–Kier alpha value is -1.61. The molecule has 1 N–H and O–H groups in total. The molecule has 1 aromatic carbocycles. The van der Waals surface area contributed by atoms with E-state index in [0.29, 0.717) is 11.6 Å². The van der Waals surface area contributed by atoms with Gasteiger partial charge < -0.3 is 14.8 Å². The minimum Gasteiger partial charge on any atom is -0.497 e. The molecule has 2 atom stereocenters. The van der Waals surface area contributed by atoms with Crippen LogP contribution in [0.2, 0.25) is 0 Å². The molecular formula is C20H27N3O3S2. The maximum atomic E-state index is 12.2. The van der Waals surface area contributed by atoms with Crippen molar-refractivity contribution >= 4 is 34.1 Å². The SMILES string of the molecule is COc1ccc(SCCC(=O)Nc2nc(CN3CC(C)OC(C)C3)cs2)cc1. The van der Waals surface area contributed by atoms with Gasteiger partial charge in [0.25, 0.3) is 0 Å². The molecule has 0 bridgehead atoms. The van der Waals surface area contributed by atoms with Crippen molar-refractivity contribution in [1.82, 2.24) is 9.88 Å². The van der Waals surface area contributed by atoms with E-state index in [9.17, 15) is 4.79 Å². The summed E-state index contributed by atoms with van der Waals surface area (Å²) in [5.41, 5.74) is 0.995. The molecule has 1 fully saturated rings. The number of rotatable bonds is 8. The van der Waals surface area contributed by atoms with Gasteiger partial charge in [-0.3, -0.25) is 9.69 Å². The van der Waals surface area contributed by atoms with Crippen LogP contribution in [0, 0.1) is 0 Å². The third-order valence-electron chi connectivity index (χ3n) is 4.34. The average molecular weight is 422 g/mol. The number of morpholine rings is 1. The highest BCUT2D eigenvalue weighted by molar-refractivity contribution is 7.99. The van der Waals surface area contributed by atoms with Crippen molar-refractivity contribution in [2.24, 2.45) is 0 Å². The van der Waals surface area contributed by atoms with Crippen molar-refractivity contribution in [2.45, 2.75) is 43.9 Å². The summed E-state index contributed by atoms with van der Waals surface area (Å²) in [7, 11) is 1.65. The molecule has 1 amide bonds. The lowest BCUT2D eigenvalue weighted by Gasteiger charge is -2.34. The van der Waals surface area contributed by atoms with E-state index in [0.717, 1.165) is 41.7 Å². The van der Waals surface area contributed by atoms with E-state index in [2.05, 4.69) is 29.0 Å². The number of carbonyl (C=O) groups excluding carboxylic acids is 1. The van der Waals surface area contributed by atoms with Crippen molar-refractivity contribution in [3.05, 3.63) is 35.3 Å². The van der Waals surface area contributed by atoms with Crippen LogP contribution >= 0.6 is 23.1 Å². The minimum absolute atomic E-state index is 0.00414. The van der Waals surface area contributed by atoms with Gasteiger partial charge in [-0.1, -0.05) is 0 Å². The summed E-state index contributed by atoms with van der Waals surface area (Å²) in [6.07, 6.45) is 0.930. The number of thioether (sulfide) groups is 1. The number of amides is 1. The van der Waals surface area contributed by atoms with Crippen molar-refractivity contribution < 1.29 is 14.3 Å². The van der Waals surface area contributed by atoms with Crippen LogP contribution in [-0.2, 0) is 16.1 Å². The summed E-state index contributed by atoms with van der Waals surface area (Å²) in [6, 6.07) is 7.86. The number of benzene rings is 1. The van der Waals surface area contributed by atoms with Crippen LogP contribution in [0.25, 0.3) is 0 Å². The molecule has 2 heterocycles. The third kappa shape index (κ3) is 6.48. The van der Waals surface area contributed by atoms with Gasteiger partial charge in [0.05, 0.1) is 25.0 Å². The number of methoxy groups -OCH3 is 1. The van der Waals surface area contributed by atoms with Crippen molar-refractivity contribution in [2.75, 3.05) is 31.3 Å². The predicted molar refractivity (Wildman–Crippen MR) is 114 cm³/mol. The molecule has 152 valence electrons. The topological polar surface area (TPSA) is 63.7 Å². The molecule has 2 aromatic rings. The van der Waals surface area contributed by atoms with Crippen LogP contribution in [0.4, 0.5) is 5.13 Å². The molecule has 8 heteroatoms. The zero-order valence-corrected chi connectivity index (χ0v) is 18.1.